The van der Waals surface area contributed by atoms with Gasteiger partial charge in [-0.1, -0.05) is 0 Å². The van der Waals surface area contributed by atoms with Gasteiger partial charge in [0.05, 0.1) is 26.4 Å². The molecule has 14 atom stereocenters. The Morgan fingerprint density at radius 1 is 0.774 bits per heavy atom. The Morgan fingerprint density at radius 2 is 1.49 bits per heavy atom. The second kappa shape index (κ2) is 15.5. The van der Waals surface area contributed by atoms with Crippen LogP contribution >= 0.6 is 0 Å². The molecule has 4 heterocycles. The van der Waals surface area contributed by atoms with Crippen LogP contribution in [-0.4, -0.2) is 163 Å². The van der Waals surface area contributed by atoms with Crippen LogP contribution in [-0.2, 0) is 23.7 Å². The molecule has 1 aromatic heterocycles. The molecule has 0 spiro atoms. The monoisotopic (exact) mass is 756 g/mol. The maximum Gasteiger partial charge on any atom is 0.239 e. The van der Waals surface area contributed by atoms with Crippen LogP contribution in [0.4, 0.5) is 0 Å². The summed E-state index contributed by atoms with van der Waals surface area (Å²) in [6.45, 7) is 0.210. The number of methoxy groups -OCH3 is 1. The van der Waals surface area contributed by atoms with Gasteiger partial charge in [-0.2, -0.15) is 0 Å². The quantitative estimate of drug-likeness (QED) is 0.104. The van der Waals surface area contributed by atoms with Crippen molar-refractivity contribution >= 4 is 11.0 Å². The highest BCUT2D eigenvalue weighted by molar-refractivity contribution is 5.88. The van der Waals surface area contributed by atoms with Crippen molar-refractivity contribution in [3.05, 3.63) is 40.6 Å². The molecular formula is C33H40O20. The van der Waals surface area contributed by atoms with E-state index < -0.39 is 127 Å². The molecule has 3 saturated heterocycles. The zero-order chi connectivity index (χ0) is 38.5. The molecule has 3 aliphatic rings. The number of rotatable bonds is 9. The van der Waals surface area contributed by atoms with Gasteiger partial charge in [-0.3, -0.25) is 4.79 Å². The smallest absolute Gasteiger partial charge is 0.239 e. The third-order valence-electron chi connectivity index (χ3n) is 9.22. The van der Waals surface area contributed by atoms with Gasteiger partial charge in [0.15, 0.2) is 35.9 Å². The van der Waals surface area contributed by atoms with Gasteiger partial charge in [-0.15, -0.1) is 0 Å². The largest absolute Gasteiger partial charge is 0.508 e. The Morgan fingerprint density at radius 3 is 2.21 bits per heavy atom. The van der Waals surface area contributed by atoms with Crippen molar-refractivity contribution in [2.45, 2.75) is 92.9 Å². The predicted octanol–water partition coefficient (Wildman–Crippen LogP) is -2.92. The zero-order valence-corrected chi connectivity index (χ0v) is 28.0. The Bertz CT molecular complexity index is 1820. The summed E-state index contributed by atoms with van der Waals surface area (Å²) in [5.74, 6) is -2.62. The molecule has 14 unspecified atom stereocenters. The van der Waals surface area contributed by atoms with E-state index in [0.29, 0.717) is 0 Å². The van der Waals surface area contributed by atoms with Crippen molar-refractivity contribution in [2.24, 2.45) is 0 Å². The lowest BCUT2D eigenvalue weighted by atomic mass is 9.98. The summed E-state index contributed by atoms with van der Waals surface area (Å²) in [6.07, 6.45) is -23.7. The van der Waals surface area contributed by atoms with Gasteiger partial charge in [-0.05, 0) is 25.1 Å². The maximum absolute atomic E-state index is 14.1. The highest BCUT2D eigenvalue weighted by Crippen LogP contribution is 2.40. The van der Waals surface area contributed by atoms with Crippen molar-refractivity contribution < 1.29 is 93.7 Å². The summed E-state index contributed by atoms with van der Waals surface area (Å²) in [5.41, 5.74) is -1.30. The summed E-state index contributed by atoms with van der Waals surface area (Å²) in [7, 11) is 1.26. The Labute approximate surface area is 298 Å². The lowest BCUT2D eigenvalue weighted by molar-refractivity contribution is -0.352. The molecule has 0 amide bonds. The number of ether oxygens (including phenoxy) is 7. The van der Waals surface area contributed by atoms with Crippen molar-refractivity contribution in [1.29, 1.82) is 0 Å². The third-order valence-corrected chi connectivity index (χ3v) is 9.22. The second-order valence-electron chi connectivity index (χ2n) is 12.8. The fraction of sp³-hybridized carbons (Fsp3) is 0.545. The minimum atomic E-state index is -2.01. The van der Waals surface area contributed by atoms with Crippen LogP contribution in [0.15, 0.2) is 39.5 Å². The van der Waals surface area contributed by atoms with E-state index in [9.17, 15) is 61.0 Å². The van der Waals surface area contributed by atoms with Crippen LogP contribution in [0.25, 0.3) is 22.3 Å². The van der Waals surface area contributed by atoms with Crippen molar-refractivity contribution in [2.75, 3.05) is 20.3 Å². The summed E-state index contributed by atoms with van der Waals surface area (Å²) in [5, 5.41) is 114. The van der Waals surface area contributed by atoms with E-state index in [0.717, 1.165) is 12.1 Å². The highest BCUT2D eigenvalue weighted by Gasteiger charge is 2.51. The van der Waals surface area contributed by atoms with Gasteiger partial charge >= 0.3 is 0 Å². The Kier molecular flexibility index (Phi) is 11.3. The van der Waals surface area contributed by atoms with Crippen LogP contribution < -0.4 is 14.9 Å². The van der Waals surface area contributed by atoms with Crippen LogP contribution in [0.5, 0.6) is 28.7 Å². The van der Waals surface area contributed by atoms with Crippen LogP contribution in [0.1, 0.15) is 6.92 Å². The normalized spacial score (nSPS) is 36.3. The summed E-state index contributed by atoms with van der Waals surface area (Å²) >= 11 is 0. The van der Waals surface area contributed by atoms with Crippen molar-refractivity contribution in [3.8, 4) is 40.1 Å². The van der Waals surface area contributed by atoms with Gasteiger partial charge < -0.3 is 93.7 Å². The first-order valence-corrected chi connectivity index (χ1v) is 16.3. The summed E-state index contributed by atoms with van der Waals surface area (Å²) in [4.78, 5) is 14.1. The number of aliphatic hydroxyl groups is 8. The van der Waals surface area contributed by atoms with Crippen LogP contribution in [0, 0.1) is 0 Å². The molecule has 11 N–H and O–H groups in total. The van der Waals surface area contributed by atoms with Gasteiger partial charge in [0.1, 0.15) is 77.4 Å². The molecule has 3 aromatic rings. The molecular weight excluding hydrogens is 716 g/mol. The van der Waals surface area contributed by atoms with Gasteiger partial charge in [-0.25, -0.2) is 0 Å². The van der Waals surface area contributed by atoms with E-state index in [4.69, 9.17) is 37.6 Å². The SMILES string of the molecule is COc1cc(-c2oc3cc(O)cc(O)c3c(=O)c2OC2OC(COC3OC(C)C(O)C(O)C3O)C(O)C(O)C2OC2OCC(O)C(O)C2O)ccc1O. The molecule has 53 heavy (non-hydrogen) atoms. The molecule has 292 valence electrons. The first-order valence-electron chi connectivity index (χ1n) is 16.3. The number of phenols is 3. The average Bonchev–Trinajstić information content (AvgIpc) is 3.12. The molecule has 20 heteroatoms. The molecule has 2 aromatic carbocycles. The number of hydrogen-bond acceptors (Lipinski definition) is 20. The minimum Gasteiger partial charge on any atom is -0.508 e. The third kappa shape index (κ3) is 7.47. The number of aromatic hydroxyl groups is 3. The number of fused-ring (bicyclic) bond motifs is 1. The maximum atomic E-state index is 14.1. The highest BCUT2D eigenvalue weighted by atomic mass is 16.8. The zero-order valence-electron chi connectivity index (χ0n) is 28.0. The summed E-state index contributed by atoms with van der Waals surface area (Å²) in [6, 6.07) is 5.68. The number of phenolic OH excluding ortho intramolecular Hbond substituents is 3. The number of benzene rings is 2. The second-order valence-corrected chi connectivity index (χ2v) is 12.8. The first kappa shape index (κ1) is 38.8. The Balaban J connectivity index is 1.40. The van der Waals surface area contributed by atoms with Crippen molar-refractivity contribution in [3.63, 3.8) is 0 Å². The number of hydrogen-bond donors (Lipinski definition) is 11. The van der Waals surface area contributed by atoms with E-state index in [1.165, 1.54) is 32.2 Å². The molecule has 3 fully saturated rings. The van der Waals surface area contributed by atoms with E-state index in [1.54, 1.807) is 0 Å². The van der Waals surface area contributed by atoms with E-state index in [1.807, 2.05) is 0 Å². The molecule has 0 aliphatic carbocycles. The fourth-order valence-corrected chi connectivity index (χ4v) is 6.18. The van der Waals surface area contributed by atoms with E-state index >= 15 is 0 Å². The average molecular weight is 757 g/mol. The minimum absolute atomic E-state index is 0.0478. The summed E-state index contributed by atoms with van der Waals surface area (Å²) < 4.78 is 45.2. The van der Waals surface area contributed by atoms with Crippen molar-refractivity contribution in [1.82, 2.24) is 0 Å². The predicted molar refractivity (Wildman–Crippen MR) is 172 cm³/mol. The lowest BCUT2D eigenvalue weighted by Gasteiger charge is -2.45. The van der Waals surface area contributed by atoms with Crippen LogP contribution in [0.3, 0.4) is 0 Å². The fourth-order valence-electron chi connectivity index (χ4n) is 6.18. The van der Waals surface area contributed by atoms with Gasteiger partial charge in [0.25, 0.3) is 0 Å². The first-order chi connectivity index (χ1) is 25.1. The standard InChI is InChI=1S/C33H40O20/c1-10-20(38)24(42)27(45)31(49-10)48-9-18-22(40)25(43)30(53-32-26(44)21(39)15(37)8-47-32)33(51-18)52-29-23(41)19-14(36)6-12(34)7-17(19)50-28(29)11-3-4-13(35)16(5-11)46-2/h3-7,10,15,18,20-22,24-27,30-40,42-45H,8-9H2,1-2H3. The van der Waals surface area contributed by atoms with Crippen LogP contribution in [0.2, 0.25) is 0 Å². The topological polar surface area (TPSA) is 317 Å². The Hall–Kier alpha value is -3.87. The molecule has 20 nitrogen and oxygen atoms in total. The molecule has 3 aliphatic heterocycles. The molecule has 0 radical (unpaired) electrons. The molecule has 6 rings (SSSR count). The van der Waals surface area contributed by atoms with Gasteiger partial charge in [0, 0.05) is 17.7 Å². The van der Waals surface area contributed by atoms with E-state index in [2.05, 4.69) is 0 Å². The lowest BCUT2D eigenvalue weighted by Crippen LogP contribution is -2.64. The molecule has 0 bridgehead atoms. The number of aliphatic hydroxyl groups excluding tert-OH is 8. The molecule has 0 saturated carbocycles. The van der Waals surface area contributed by atoms with E-state index in [-0.39, 0.29) is 28.4 Å². The van der Waals surface area contributed by atoms with Gasteiger partial charge in [0.2, 0.25) is 17.5 Å².